The highest BCUT2D eigenvalue weighted by molar-refractivity contribution is 7.90. The predicted octanol–water partition coefficient (Wildman–Crippen LogP) is 1.44. The van der Waals surface area contributed by atoms with Gasteiger partial charge in [0.1, 0.15) is 9.84 Å². The van der Waals surface area contributed by atoms with Gasteiger partial charge in [-0.2, -0.15) is 0 Å². The summed E-state index contributed by atoms with van der Waals surface area (Å²) in [6.07, 6.45) is 8.21. The molecule has 1 aromatic heterocycles. The molecule has 0 fully saturated rings. The fraction of sp³-hybridized carbons (Fsp3) is 0.583. The van der Waals surface area contributed by atoms with Crippen molar-refractivity contribution < 1.29 is 13.2 Å². The van der Waals surface area contributed by atoms with Crippen molar-refractivity contribution in [2.45, 2.75) is 32.2 Å². The number of aromatic nitrogens is 1. The molecule has 0 radical (unpaired) electrons. The molecular weight excluding hydrogens is 238 g/mol. The van der Waals surface area contributed by atoms with E-state index >= 15 is 0 Å². The third kappa shape index (κ3) is 3.19. The molecule has 0 spiro atoms. The highest BCUT2D eigenvalue weighted by Crippen LogP contribution is 2.22. The van der Waals surface area contributed by atoms with Crippen molar-refractivity contribution in [3.8, 4) is 0 Å². The summed E-state index contributed by atoms with van der Waals surface area (Å²) in [4.78, 5) is 11.6. The van der Waals surface area contributed by atoms with Gasteiger partial charge in [-0.1, -0.05) is 0 Å². The van der Waals surface area contributed by atoms with E-state index in [-0.39, 0.29) is 11.5 Å². The lowest BCUT2D eigenvalue weighted by Crippen LogP contribution is -2.07. The Kier molecular flexibility index (Phi) is 3.38. The molecule has 0 unspecified atom stereocenters. The number of rotatable bonds is 4. The first-order valence-corrected chi connectivity index (χ1v) is 7.91. The van der Waals surface area contributed by atoms with Gasteiger partial charge in [0.25, 0.3) is 0 Å². The van der Waals surface area contributed by atoms with Crippen molar-refractivity contribution >= 4 is 15.6 Å². The number of carbonyl (C=O) groups excluding carboxylic acids is 1. The van der Waals surface area contributed by atoms with Crippen molar-refractivity contribution in [2.24, 2.45) is 0 Å². The van der Waals surface area contributed by atoms with Gasteiger partial charge in [-0.3, -0.25) is 4.79 Å². The zero-order valence-electron chi connectivity index (χ0n) is 9.98. The number of nitrogens with zero attached hydrogens (tertiary/aromatic N) is 1. The van der Waals surface area contributed by atoms with Crippen LogP contribution in [0.4, 0.5) is 0 Å². The summed E-state index contributed by atoms with van der Waals surface area (Å²) in [6.45, 7) is 0.660. The zero-order chi connectivity index (χ0) is 12.5. The predicted molar refractivity (Wildman–Crippen MR) is 66.0 cm³/mol. The molecule has 94 valence electrons. The normalized spacial score (nSPS) is 15.9. The van der Waals surface area contributed by atoms with Crippen LogP contribution in [0.25, 0.3) is 0 Å². The van der Waals surface area contributed by atoms with Crippen LogP contribution in [0, 0.1) is 0 Å². The quantitative estimate of drug-likeness (QED) is 0.818. The summed E-state index contributed by atoms with van der Waals surface area (Å²) < 4.78 is 24.0. The van der Waals surface area contributed by atoms with E-state index in [1.807, 2.05) is 17.0 Å². The standard InChI is InChI=1S/C12H17NO3S/c1-17(15,16)7-3-6-13-8-10-4-2-5-12(14)11(10)9-13/h8-9H,2-7H2,1H3. The summed E-state index contributed by atoms with van der Waals surface area (Å²) >= 11 is 0. The van der Waals surface area contributed by atoms with Gasteiger partial charge in [0.2, 0.25) is 0 Å². The monoisotopic (exact) mass is 255 g/mol. The molecule has 0 aromatic carbocycles. The van der Waals surface area contributed by atoms with E-state index in [1.54, 1.807) is 0 Å². The van der Waals surface area contributed by atoms with Gasteiger partial charge in [-0.25, -0.2) is 8.42 Å². The molecule has 17 heavy (non-hydrogen) atoms. The molecule has 0 N–H and O–H groups in total. The zero-order valence-corrected chi connectivity index (χ0v) is 10.8. The summed E-state index contributed by atoms with van der Waals surface area (Å²) in [5.74, 6) is 0.414. The first-order valence-electron chi connectivity index (χ1n) is 5.85. The molecule has 0 saturated heterocycles. The molecule has 1 aromatic rings. The van der Waals surface area contributed by atoms with Crippen LogP contribution in [0.1, 0.15) is 35.2 Å². The summed E-state index contributed by atoms with van der Waals surface area (Å²) in [7, 11) is -2.89. The second kappa shape index (κ2) is 4.64. The van der Waals surface area contributed by atoms with Gasteiger partial charge >= 0.3 is 0 Å². The SMILES string of the molecule is CS(=O)(=O)CCCn1cc2c(c1)C(=O)CCC2. The van der Waals surface area contributed by atoms with Gasteiger partial charge < -0.3 is 4.57 Å². The van der Waals surface area contributed by atoms with Crippen LogP contribution in [0.5, 0.6) is 0 Å². The van der Waals surface area contributed by atoms with Crippen molar-refractivity contribution in [3.05, 3.63) is 23.5 Å². The summed E-state index contributed by atoms with van der Waals surface area (Å²) in [6, 6.07) is 0. The fourth-order valence-corrected chi connectivity index (χ4v) is 2.87. The molecule has 0 bridgehead atoms. The number of aryl methyl sites for hydroxylation is 2. The van der Waals surface area contributed by atoms with Gasteiger partial charge in [0.15, 0.2) is 5.78 Å². The molecule has 2 rings (SSSR count). The van der Waals surface area contributed by atoms with E-state index in [9.17, 15) is 13.2 Å². The van der Waals surface area contributed by atoms with Crippen LogP contribution in [0.15, 0.2) is 12.4 Å². The second-order valence-electron chi connectivity index (χ2n) is 4.70. The highest BCUT2D eigenvalue weighted by atomic mass is 32.2. The van der Waals surface area contributed by atoms with E-state index in [0.717, 1.165) is 24.0 Å². The number of sulfone groups is 1. The molecule has 1 aliphatic carbocycles. The largest absolute Gasteiger partial charge is 0.353 e. The lowest BCUT2D eigenvalue weighted by atomic mass is 9.95. The first kappa shape index (κ1) is 12.4. The topological polar surface area (TPSA) is 56.1 Å². The van der Waals surface area contributed by atoms with Crippen LogP contribution in [-0.4, -0.2) is 30.8 Å². The number of hydrogen-bond donors (Lipinski definition) is 0. The Morgan fingerprint density at radius 1 is 1.29 bits per heavy atom. The van der Waals surface area contributed by atoms with Crippen LogP contribution in [0.3, 0.4) is 0 Å². The second-order valence-corrected chi connectivity index (χ2v) is 6.95. The molecule has 5 heteroatoms. The number of Topliss-reactive ketones (excluding diaryl/α,β-unsaturated/α-hetero) is 1. The van der Waals surface area contributed by atoms with Crippen LogP contribution in [0.2, 0.25) is 0 Å². The maximum Gasteiger partial charge on any atom is 0.164 e. The minimum absolute atomic E-state index is 0.198. The lowest BCUT2D eigenvalue weighted by molar-refractivity contribution is 0.0973. The van der Waals surface area contributed by atoms with E-state index in [0.29, 0.717) is 19.4 Å². The lowest BCUT2D eigenvalue weighted by Gasteiger charge is -2.07. The Bertz CT molecular complexity index is 528. The average Bonchev–Trinajstić information content (AvgIpc) is 2.60. The van der Waals surface area contributed by atoms with E-state index in [1.165, 1.54) is 6.26 Å². The number of carbonyl (C=O) groups is 1. The molecule has 0 saturated carbocycles. The van der Waals surface area contributed by atoms with E-state index in [4.69, 9.17) is 0 Å². The molecule has 0 atom stereocenters. The Morgan fingerprint density at radius 3 is 2.71 bits per heavy atom. The van der Waals surface area contributed by atoms with Crippen molar-refractivity contribution in [2.75, 3.05) is 12.0 Å². The minimum Gasteiger partial charge on any atom is -0.353 e. The molecule has 1 heterocycles. The van der Waals surface area contributed by atoms with Gasteiger partial charge in [-0.05, 0) is 24.8 Å². The highest BCUT2D eigenvalue weighted by Gasteiger charge is 2.18. The minimum atomic E-state index is -2.89. The summed E-state index contributed by atoms with van der Waals surface area (Å²) in [5, 5.41) is 0. The maximum atomic E-state index is 11.6. The van der Waals surface area contributed by atoms with Crippen molar-refractivity contribution in [1.29, 1.82) is 0 Å². The third-order valence-corrected chi connectivity index (χ3v) is 4.07. The van der Waals surface area contributed by atoms with E-state index in [2.05, 4.69) is 0 Å². The first-order chi connectivity index (χ1) is 7.96. The fourth-order valence-electron chi connectivity index (χ4n) is 2.22. The third-order valence-electron chi connectivity index (χ3n) is 3.04. The molecule has 0 amide bonds. The average molecular weight is 255 g/mol. The molecular formula is C12H17NO3S. The van der Waals surface area contributed by atoms with Crippen LogP contribution < -0.4 is 0 Å². The number of hydrogen-bond acceptors (Lipinski definition) is 3. The van der Waals surface area contributed by atoms with Gasteiger partial charge in [0, 0.05) is 37.2 Å². The summed E-state index contributed by atoms with van der Waals surface area (Å²) in [5.41, 5.74) is 1.94. The van der Waals surface area contributed by atoms with Crippen LogP contribution >= 0.6 is 0 Å². The Labute approximate surface area is 102 Å². The smallest absolute Gasteiger partial charge is 0.164 e. The van der Waals surface area contributed by atoms with Gasteiger partial charge in [0.05, 0.1) is 5.75 Å². The van der Waals surface area contributed by atoms with E-state index < -0.39 is 9.84 Å². The number of fused-ring (bicyclic) bond motifs is 1. The van der Waals surface area contributed by atoms with Crippen LogP contribution in [-0.2, 0) is 22.8 Å². The van der Waals surface area contributed by atoms with Crippen molar-refractivity contribution in [1.82, 2.24) is 4.57 Å². The number of ketones is 1. The Hall–Kier alpha value is -1.10. The van der Waals surface area contributed by atoms with Crippen molar-refractivity contribution in [3.63, 3.8) is 0 Å². The molecule has 0 aliphatic heterocycles. The Balaban J connectivity index is 2.01. The Morgan fingerprint density at radius 2 is 2.06 bits per heavy atom. The molecule has 4 nitrogen and oxygen atoms in total. The molecule has 1 aliphatic rings. The van der Waals surface area contributed by atoms with Gasteiger partial charge in [-0.15, -0.1) is 0 Å². The maximum absolute atomic E-state index is 11.6.